The van der Waals surface area contributed by atoms with Gasteiger partial charge in [0.2, 0.25) is 0 Å². The number of ether oxygens (including phenoxy) is 2. The van der Waals surface area contributed by atoms with Gasteiger partial charge in [0.15, 0.2) is 17.6 Å². The normalized spacial score (nSPS) is 40.5. The molecule has 4 unspecified atom stereocenters. The Morgan fingerprint density at radius 2 is 2.04 bits per heavy atom. The van der Waals surface area contributed by atoms with E-state index in [0.29, 0.717) is 35.7 Å². The van der Waals surface area contributed by atoms with Gasteiger partial charge in [-0.2, -0.15) is 0 Å². The molecular weight excluding hydrogens is 318 g/mol. The molecule has 4 aliphatic carbocycles. The Balaban J connectivity index is 1.29. The van der Waals surface area contributed by atoms with Crippen molar-refractivity contribution in [3.05, 3.63) is 23.8 Å². The molecule has 2 N–H and O–H groups in total. The molecule has 1 heterocycles. The number of methoxy groups -OCH3 is 1. The largest absolute Gasteiger partial charge is 0.493 e. The molecular formula is C20H25NO4. The number of carbonyl (C=O) groups excluding carboxylic acids is 1. The molecule has 0 saturated heterocycles. The number of carbonyl (C=O) groups is 1. The van der Waals surface area contributed by atoms with Crippen LogP contribution in [0.15, 0.2) is 18.2 Å². The number of hydrogen-bond acceptors (Lipinski definition) is 4. The van der Waals surface area contributed by atoms with Crippen LogP contribution in [0.3, 0.4) is 0 Å². The molecule has 25 heavy (non-hydrogen) atoms. The molecule has 1 amide bonds. The van der Waals surface area contributed by atoms with Gasteiger partial charge in [0.1, 0.15) is 0 Å². The Kier molecular flexibility index (Phi) is 3.33. The standard InChI is InChI=1S/C20H25NO4/c1-24-15-4-2-3-12-7-16(25-18(12)15)19(22)21-17-13-5-11-6-14(17)10-20(23,8-11)9-13/h2-4,11,13-14,16-17,23H,5-10H2,1H3,(H,21,22)/t11?,13-,14+,16?,17?,20?. The topological polar surface area (TPSA) is 67.8 Å². The van der Waals surface area contributed by atoms with Gasteiger partial charge in [-0.05, 0) is 55.9 Å². The number of amides is 1. The van der Waals surface area contributed by atoms with E-state index in [1.807, 2.05) is 18.2 Å². The van der Waals surface area contributed by atoms with Gasteiger partial charge in [-0.25, -0.2) is 0 Å². The van der Waals surface area contributed by atoms with E-state index in [0.717, 1.165) is 37.7 Å². The molecule has 134 valence electrons. The highest BCUT2D eigenvalue weighted by Gasteiger charge is 2.55. The van der Waals surface area contributed by atoms with Crippen LogP contribution in [0, 0.1) is 17.8 Å². The number of benzene rings is 1. The summed E-state index contributed by atoms with van der Waals surface area (Å²) in [4.78, 5) is 12.8. The van der Waals surface area contributed by atoms with E-state index in [2.05, 4.69) is 5.32 Å². The van der Waals surface area contributed by atoms with Crippen LogP contribution in [0.2, 0.25) is 0 Å². The Bertz CT molecular complexity index is 702. The number of hydrogen-bond donors (Lipinski definition) is 2. The maximum Gasteiger partial charge on any atom is 0.261 e. The lowest BCUT2D eigenvalue weighted by atomic mass is 9.52. The Morgan fingerprint density at radius 3 is 2.72 bits per heavy atom. The molecule has 6 rings (SSSR count). The number of nitrogens with one attached hydrogen (secondary N) is 1. The van der Waals surface area contributed by atoms with Crippen LogP contribution in [0.1, 0.15) is 37.7 Å². The minimum absolute atomic E-state index is 0.0253. The summed E-state index contributed by atoms with van der Waals surface area (Å²) in [5, 5.41) is 14.0. The van der Waals surface area contributed by atoms with Crippen molar-refractivity contribution in [1.82, 2.24) is 5.32 Å². The molecule has 0 aromatic heterocycles. The summed E-state index contributed by atoms with van der Waals surface area (Å²) in [6, 6.07) is 5.97. The van der Waals surface area contributed by atoms with Gasteiger partial charge in [-0.3, -0.25) is 4.79 Å². The zero-order valence-corrected chi connectivity index (χ0v) is 14.5. The van der Waals surface area contributed by atoms with Crippen molar-refractivity contribution in [2.45, 2.75) is 56.3 Å². The lowest BCUT2D eigenvalue weighted by Gasteiger charge is -2.58. The second-order valence-corrected chi connectivity index (χ2v) is 8.49. The average molecular weight is 343 g/mol. The first-order valence-electron chi connectivity index (χ1n) is 9.40. The maximum absolute atomic E-state index is 12.8. The molecule has 4 bridgehead atoms. The summed E-state index contributed by atoms with van der Waals surface area (Å²) in [6.45, 7) is 0. The molecule has 0 spiro atoms. The van der Waals surface area contributed by atoms with Gasteiger partial charge < -0.3 is 19.9 Å². The van der Waals surface area contributed by atoms with Crippen LogP contribution in [0.25, 0.3) is 0 Å². The molecule has 5 heteroatoms. The fourth-order valence-corrected chi connectivity index (χ4v) is 6.02. The summed E-state index contributed by atoms with van der Waals surface area (Å²) in [6.07, 6.45) is 5.03. The van der Waals surface area contributed by atoms with E-state index in [9.17, 15) is 9.90 Å². The summed E-state index contributed by atoms with van der Waals surface area (Å²) in [5.41, 5.74) is 0.560. The van der Waals surface area contributed by atoms with Gasteiger partial charge >= 0.3 is 0 Å². The smallest absolute Gasteiger partial charge is 0.261 e. The first-order chi connectivity index (χ1) is 12.0. The van der Waals surface area contributed by atoms with E-state index in [-0.39, 0.29) is 11.9 Å². The quantitative estimate of drug-likeness (QED) is 0.881. The van der Waals surface area contributed by atoms with Crippen molar-refractivity contribution in [2.24, 2.45) is 17.8 Å². The highest BCUT2D eigenvalue weighted by molar-refractivity contribution is 5.83. The third kappa shape index (κ3) is 2.43. The minimum Gasteiger partial charge on any atom is -0.493 e. The Labute approximate surface area is 147 Å². The van der Waals surface area contributed by atoms with Crippen LogP contribution >= 0.6 is 0 Å². The van der Waals surface area contributed by atoms with E-state index in [1.165, 1.54) is 0 Å². The molecule has 1 aromatic carbocycles. The maximum atomic E-state index is 12.8. The second kappa shape index (κ2) is 5.37. The van der Waals surface area contributed by atoms with Crippen LogP contribution in [-0.4, -0.2) is 35.9 Å². The van der Waals surface area contributed by atoms with E-state index < -0.39 is 11.7 Å². The first-order valence-corrected chi connectivity index (χ1v) is 9.40. The van der Waals surface area contributed by atoms with Crippen molar-refractivity contribution in [2.75, 3.05) is 7.11 Å². The molecule has 1 aromatic rings. The predicted molar refractivity (Wildman–Crippen MR) is 91.5 cm³/mol. The number of fused-ring (bicyclic) bond motifs is 1. The third-order valence-electron chi connectivity index (χ3n) is 6.79. The van der Waals surface area contributed by atoms with E-state index in [1.54, 1.807) is 7.11 Å². The summed E-state index contributed by atoms with van der Waals surface area (Å²) in [5.74, 6) is 2.83. The molecule has 6 atom stereocenters. The highest BCUT2D eigenvalue weighted by atomic mass is 16.5. The lowest BCUT2D eigenvalue weighted by Crippen LogP contribution is -2.62. The van der Waals surface area contributed by atoms with Crippen molar-refractivity contribution < 1.29 is 19.4 Å². The summed E-state index contributed by atoms with van der Waals surface area (Å²) in [7, 11) is 1.62. The Morgan fingerprint density at radius 1 is 1.28 bits per heavy atom. The van der Waals surface area contributed by atoms with Gasteiger partial charge in [-0.1, -0.05) is 12.1 Å². The zero-order valence-electron chi connectivity index (χ0n) is 14.5. The number of para-hydroxylation sites is 1. The second-order valence-electron chi connectivity index (χ2n) is 8.49. The van der Waals surface area contributed by atoms with Gasteiger partial charge in [0, 0.05) is 18.0 Å². The van der Waals surface area contributed by atoms with Crippen molar-refractivity contribution in [3.8, 4) is 11.5 Å². The first kappa shape index (κ1) is 15.5. The van der Waals surface area contributed by atoms with Crippen LogP contribution in [-0.2, 0) is 11.2 Å². The molecule has 5 aliphatic rings. The number of aliphatic hydroxyl groups is 1. The van der Waals surface area contributed by atoms with Crippen molar-refractivity contribution >= 4 is 5.91 Å². The van der Waals surface area contributed by atoms with E-state index >= 15 is 0 Å². The Hall–Kier alpha value is -1.75. The predicted octanol–water partition coefficient (Wildman–Crippen LogP) is 2.05. The highest BCUT2D eigenvalue weighted by Crippen LogP contribution is 2.55. The van der Waals surface area contributed by atoms with Crippen LogP contribution in [0.4, 0.5) is 0 Å². The zero-order chi connectivity index (χ0) is 17.2. The summed E-state index contributed by atoms with van der Waals surface area (Å²) >= 11 is 0. The molecule has 4 fully saturated rings. The SMILES string of the molecule is COc1cccc2c1OC(C(=O)NC1[C@@H]3CC4C[C@H]1CC(O)(C4)C3)C2. The molecule has 0 radical (unpaired) electrons. The molecule has 4 saturated carbocycles. The molecule has 1 aliphatic heterocycles. The van der Waals surface area contributed by atoms with Crippen LogP contribution < -0.4 is 14.8 Å². The fourth-order valence-electron chi connectivity index (χ4n) is 6.02. The summed E-state index contributed by atoms with van der Waals surface area (Å²) < 4.78 is 11.3. The fraction of sp³-hybridized carbons (Fsp3) is 0.650. The van der Waals surface area contributed by atoms with Crippen molar-refractivity contribution in [3.63, 3.8) is 0 Å². The number of rotatable bonds is 3. The molecule has 5 nitrogen and oxygen atoms in total. The van der Waals surface area contributed by atoms with Crippen LogP contribution in [0.5, 0.6) is 11.5 Å². The monoisotopic (exact) mass is 343 g/mol. The minimum atomic E-state index is -0.480. The van der Waals surface area contributed by atoms with Crippen molar-refractivity contribution in [1.29, 1.82) is 0 Å². The lowest BCUT2D eigenvalue weighted by molar-refractivity contribution is -0.149. The van der Waals surface area contributed by atoms with Gasteiger partial charge in [0.05, 0.1) is 12.7 Å². The van der Waals surface area contributed by atoms with E-state index in [4.69, 9.17) is 9.47 Å². The van der Waals surface area contributed by atoms with Gasteiger partial charge in [0.25, 0.3) is 5.91 Å². The third-order valence-corrected chi connectivity index (χ3v) is 6.79. The average Bonchev–Trinajstić information content (AvgIpc) is 3.00. The van der Waals surface area contributed by atoms with Gasteiger partial charge in [-0.15, -0.1) is 0 Å².